The van der Waals surface area contributed by atoms with Crippen LogP contribution < -0.4 is 22.1 Å². The number of hydrogen-bond donors (Lipinski definition) is 4. The summed E-state index contributed by atoms with van der Waals surface area (Å²) < 4.78 is 0. The first-order chi connectivity index (χ1) is 10.0. The average Bonchev–Trinajstić information content (AvgIpc) is 2.49. The van der Waals surface area contributed by atoms with E-state index in [1.54, 1.807) is 24.3 Å². The van der Waals surface area contributed by atoms with E-state index in [0.29, 0.717) is 18.1 Å². The monoisotopic (exact) mass is 419 g/mol. The molecule has 0 saturated heterocycles. The molecule has 6 N–H and O–H groups in total. The van der Waals surface area contributed by atoms with Crippen LogP contribution in [-0.2, 0) is 11.3 Å². The summed E-state index contributed by atoms with van der Waals surface area (Å²) in [5.74, 6) is -0.516. The molecule has 0 bridgehead atoms. The van der Waals surface area contributed by atoms with Crippen LogP contribution in [0.15, 0.2) is 29.3 Å². The number of nitrogens with zero attached hydrogens (tertiary/aromatic N) is 1. The Morgan fingerprint density at radius 3 is 2.32 bits per heavy atom. The Labute approximate surface area is 146 Å². The summed E-state index contributed by atoms with van der Waals surface area (Å²) in [5.41, 5.74) is 12.0. The van der Waals surface area contributed by atoms with Gasteiger partial charge in [-0.1, -0.05) is 19.1 Å². The molecule has 0 unspecified atom stereocenters. The number of nitrogens with one attached hydrogen (secondary N) is 2. The van der Waals surface area contributed by atoms with Crippen LogP contribution in [0, 0.1) is 0 Å². The van der Waals surface area contributed by atoms with Crippen molar-refractivity contribution in [2.45, 2.75) is 19.9 Å². The quantitative estimate of drug-likeness (QED) is 0.289. The van der Waals surface area contributed by atoms with E-state index in [4.69, 9.17) is 11.5 Å². The molecule has 1 aromatic carbocycles. The molecular formula is C14H22IN5O2. The number of benzene rings is 1. The standard InChI is InChI=1S/C14H21N5O2.HI/c1-2-7-17-14(16)19-8-10-3-5-11(6-4-10)13(21)18-9-12(15)20;/h3-6H,2,7-9H2,1H3,(H2,15,20)(H,18,21)(H3,16,17,19);1H. The smallest absolute Gasteiger partial charge is 0.251 e. The third-order valence-corrected chi connectivity index (χ3v) is 2.63. The number of nitrogens with two attached hydrogens (primary N) is 2. The van der Waals surface area contributed by atoms with Crippen molar-refractivity contribution in [1.82, 2.24) is 10.6 Å². The molecule has 0 aliphatic rings. The minimum atomic E-state index is -0.579. The maximum absolute atomic E-state index is 11.7. The zero-order valence-electron chi connectivity index (χ0n) is 12.5. The topological polar surface area (TPSA) is 123 Å². The van der Waals surface area contributed by atoms with Crippen molar-refractivity contribution in [1.29, 1.82) is 0 Å². The first-order valence-electron chi connectivity index (χ1n) is 6.72. The van der Waals surface area contributed by atoms with Gasteiger partial charge in [0.05, 0.1) is 13.1 Å². The number of rotatable bonds is 7. The molecule has 1 rings (SSSR count). The van der Waals surface area contributed by atoms with Crippen molar-refractivity contribution < 1.29 is 9.59 Å². The van der Waals surface area contributed by atoms with E-state index in [1.807, 2.05) is 6.92 Å². The van der Waals surface area contributed by atoms with Gasteiger partial charge >= 0.3 is 0 Å². The molecule has 0 aliphatic carbocycles. The fourth-order valence-corrected chi connectivity index (χ4v) is 1.52. The number of aliphatic imine (C=N–C) groups is 1. The summed E-state index contributed by atoms with van der Waals surface area (Å²) in [7, 11) is 0. The first-order valence-corrected chi connectivity index (χ1v) is 6.72. The minimum Gasteiger partial charge on any atom is -0.370 e. The van der Waals surface area contributed by atoms with Crippen molar-refractivity contribution >= 4 is 41.8 Å². The van der Waals surface area contributed by atoms with Gasteiger partial charge in [-0.05, 0) is 24.1 Å². The van der Waals surface area contributed by atoms with Gasteiger partial charge in [0.15, 0.2) is 5.96 Å². The molecule has 8 heteroatoms. The van der Waals surface area contributed by atoms with E-state index in [2.05, 4.69) is 15.6 Å². The van der Waals surface area contributed by atoms with Crippen LogP contribution in [0.4, 0.5) is 0 Å². The lowest BCUT2D eigenvalue weighted by atomic mass is 10.1. The predicted molar refractivity (Wildman–Crippen MR) is 97.0 cm³/mol. The fourth-order valence-electron chi connectivity index (χ4n) is 1.52. The number of guanidine groups is 1. The van der Waals surface area contributed by atoms with Crippen molar-refractivity contribution in [3.63, 3.8) is 0 Å². The van der Waals surface area contributed by atoms with E-state index < -0.39 is 5.91 Å². The number of hydrogen-bond acceptors (Lipinski definition) is 3. The van der Waals surface area contributed by atoms with Gasteiger partial charge in [0, 0.05) is 12.1 Å². The van der Waals surface area contributed by atoms with E-state index in [9.17, 15) is 9.59 Å². The average molecular weight is 419 g/mol. The second kappa shape index (κ2) is 10.8. The molecule has 0 fully saturated rings. The lowest BCUT2D eigenvalue weighted by Gasteiger charge is -2.05. The number of halogens is 1. The van der Waals surface area contributed by atoms with Crippen molar-refractivity contribution in [2.24, 2.45) is 16.5 Å². The number of carbonyl (C=O) groups excluding carboxylic acids is 2. The summed E-state index contributed by atoms with van der Waals surface area (Å²) >= 11 is 0. The van der Waals surface area contributed by atoms with Crippen LogP contribution in [0.5, 0.6) is 0 Å². The molecule has 22 heavy (non-hydrogen) atoms. The molecule has 1 aromatic rings. The van der Waals surface area contributed by atoms with Gasteiger partial charge in [0.1, 0.15) is 0 Å². The largest absolute Gasteiger partial charge is 0.370 e. The van der Waals surface area contributed by atoms with E-state index in [0.717, 1.165) is 18.5 Å². The highest BCUT2D eigenvalue weighted by Gasteiger charge is 2.05. The number of primary amides is 1. The molecule has 0 aromatic heterocycles. The molecule has 0 radical (unpaired) electrons. The molecule has 0 atom stereocenters. The molecule has 2 amide bonds. The summed E-state index contributed by atoms with van der Waals surface area (Å²) in [4.78, 5) is 26.4. The SMILES string of the molecule is CCCNC(N)=NCc1ccc(C(=O)NCC(N)=O)cc1.I. The minimum absolute atomic E-state index is 0. The van der Waals surface area contributed by atoms with Crippen LogP contribution in [0.2, 0.25) is 0 Å². The molecule has 0 heterocycles. The summed E-state index contributed by atoms with van der Waals surface area (Å²) in [6, 6.07) is 6.90. The van der Waals surface area contributed by atoms with Crippen LogP contribution in [-0.4, -0.2) is 30.9 Å². The van der Waals surface area contributed by atoms with Crippen LogP contribution >= 0.6 is 24.0 Å². The zero-order chi connectivity index (χ0) is 15.7. The van der Waals surface area contributed by atoms with E-state index >= 15 is 0 Å². The first kappa shape index (κ1) is 20.2. The molecule has 0 spiro atoms. The van der Waals surface area contributed by atoms with Crippen molar-refractivity contribution in [2.75, 3.05) is 13.1 Å². The molecular weight excluding hydrogens is 397 g/mol. The fraction of sp³-hybridized carbons (Fsp3) is 0.357. The third kappa shape index (κ3) is 7.81. The Morgan fingerprint density at radius 1 is 1.14 bits per heavy atom. The van der Waals surface area contributed by atoms with Crippen LogP contribution in [0.3, 0.4) is 0 Å². The molecule has 122 valence electrons. The van der Waals surface area contributed by atoms with Crippen LogP contribution in [0.25, 0.3) is 0 Å². The van der Waals surface area contributed by atoms with E-state index in [-0.39, 0.29) is 36.4 Å². The lowest BCUT2D eigenvalue weighted by Crippen LogP contribution is -2.33. The second-order valence-corrected chi connectivity index (χ2v) is 4.47. The zero-order valence-corrected chi connectivity index (χ0v) is 14.8. The predicted octanol–water partition coefficient (Wildman–Crippen LogP) is 0.334. The Balaban J connectivity index is 0.00000441. The third-order valence-electron chi connectivity index (χ3n) is 2.63. The highest BCUT2D eigenvalue weighted by molar-refractivity contribution is 14.0. The molecule has 7 nitrogen and oxygen atoms in total. The highest BCUT2D eigenvalue weighted by atomic mass is 127. The number of amides is 2. The van der Waals surface area contributed by atoms with Gasteiger partial charge in [-0.25, -0.2) is 4.99 Å². The molecule has 0 aliphatic heterocycles. The highest BCUT2D eigenvalue weighted by Crippen LogP contribution is 2.05. The lowest BCUT2D eigenvalue weighted by molar-refractivity contribution is -0.117. The Kier molecular flexibility index (Phi) is 9.92. The van der Waals surface area contributed by atoms with Gasteiger partial charge < -0.3 is 22.1 Å². The summed E-state index contributed by atoms with van der Waals surface area (Å²) in [6.07, 6.45) is 0.978. The Hall–Kier alpha value is -1.84. The van der Waals surface area contributed by atoms with Gasteiger partial charge in [-0.3, -0.25) is 9.59 Å². The maximum atomic E-state index is 11.7. The van der Waals surface area contributed by atoms with E-state index in [1.165, 1.54) is 0 Å². The van der Waals surface area contributed by atoms with Crippen molar-refractivity contribution in [3.8, 4) is 0 Å². The van der Waals surface area contributed by atoms with Gasteiger partial charge in [0.2, 0.25) is 5.91 Å². The maximum Gasteiger partial charge on any atom is 0.251 e. The normalized spacial score (nSPS) is 10.5. The molecule has 0 saturated carbocycles. The van der Waals surface area contributed by atoms with Crippen molar-refractivity contribution in [3.05, 3.63) is 35.4 Å². The van der Waals surface area contributed by atoms with Gasteiger partial charge in [-0.2, -0.15) is 0 Å². The van der Waals surface area contributed by atoms with Gasteiger partial charge in [0.25, 0.3) is 5.91 Å². The summed E-state index contributed by atoms with van der Waals surface area (Å²) in [6.45, 7) is 3.09. The van der Waals surface area contributed by atoms with Gasteiger partial charge in [-0.15, -0.1) is 24.0 Å². The Bertz CT molecular complexity index is 516. The second-order valence-electron chi connectivity index (χ2n) is 4.47. The Morgan fingerprint density at radius 2 is 1.77 bits per heavy atom. The summed E-state index contributed by atoms with van der Waals surface area (Å²) in [5, 5.41) is 5.40. The van der Waals surface area contributed by atoms with Crippen LogP contribution in [0.1, 0.15) is 29.3 Å². The number of carbonyl (C=O) groups is 2.